The van der Waals surface area contributed by atoms with E-state index in [2.05, 4.69) is 25.8 Å². The summed E-state index contributed by atoms with van der Waals surface area (Å²) in [5.74, 6) is 0.444. The molecule has 1 aliphatic carbocycles. The topological polar surface area (TPSA) is 61.2 Å². The number of aromatic nitrogens is 2. The molecule has 3 unspecified atom stereocenters. The number of para-hydroxylation sites is 2. The highest BCUT2D eigenvalue weighted by Crippen LogP contribution is 2.35. The second kappa shape index (κ2) is 10.1. The summed E-state index contributed by atoms with van der Waals surface area (Å²) in [4.78, 5) is 30.6. The van der Waals surface area contributed by atoms with Crippen molar-refractivity contribution in [3.63, 3.8) is 0 Å². The fourth-order valence-electron chi connectivity index (χ4n) is 4.63. The molecule has 0 N–H and O–H groups in total. The highest BCUT2D eigenvalue weighted by molar-refractivity contribution is 7.99. The van der Waals surface area contributed by atoms with Gasteiger partial charge in [0.05, 0.1) is 22.3 Å². The van der Waals surface area contributed by atoms with Gasteiger partial charge in [0.15, 0.2) is 5.16 Å². The van der Waals surface area contributed by atoms with Crippen LogP contribution in [0.1, 0.15) is 40.0 Å². The maximum Gasteiger partial charge on any atom is 0.316 e. The van der Waals surface area contributed by atoms with E-state index in [1.807, 2.05) is 0 Å². The minimum absolute atomic E-state index is 0.00503. The minimum atomic E-state index is -0.530. The lowest BCUT2D eigenvalue weighted by molar-refractivity contribution is -0.152. The predicted octanol–water partition coefficient (Wildman–Crippen LogP) is 5.62. The number of fused-ring (bicyclic) bond motifs is 1. The van der Waals surface area contributed by atoms with Gasteiger partial charge in [0.2, 0.25) is 0 Å². The predicted molar refractivity (Wildman–Crippen MR) is 129 cm³/mol. The largest absolute Gasteiger partial charge is 0.461 e. The van der Waals surface area contributed by atoms with E-state index in [9.17, 15) is 14.0 Å². The Morgan fingerprint density at radius 1 is 1.18 bits per heavy atom. The van der Waals surface area contributed by atoms with E-state index >= 15 is 0 Å². The van der Waals surface area contributed by atoms with Gasteiger partial charge in [-0.2, -0.15) is 0 Å². The lowest BCUT2D eigenvalue weighted by Crippen LogP contribution is -2.36. The number of hydrogen-bond donors (Lipinski definition) is 0. The van der Waals surface area contributed by atoms with Crippen LogP contribution in [0.2, 0.25) is 0 Å². The normalized spacial score (nSPS) is 20.8. The molecule has 1 aromatic heterocycles. The number of carbonyl (C=O) groups is 1. The number of thioether (sulfide) groups is 1. The fourth-order valence-corrected chi connectivity index (χ4v) is 5.42. The van der Waals surface area contributed by atoms with Gasteiger partial charge in [0.25, 0.3) is 5.56 Å². The second-order valence-electron chi connectivity index (χ2n) is 9.15. The monoisotopic (exact) mass is 468 g/mol. The van der Waals surface area contributed by atoms with E-state index in [1.165, 1.54) is 16.7 Å². The van der Waals surface area contributed by atoms with Crippen LogP contribution >= 0.6 is 11.8 Å². The molecule has 3 atom stereocenters. The lowest BCUT2D eigenvalue weighted by Gasteiger charge is -2.36. The Balaban J connectivity index is 1.61. The Morgan fingerprint density at radius 2 is 1.91 bits per heavy atom. The van der Waals surface area contributed by atoms with Crippen molar-refractivity contribution in [3.05, 3.63) is 64.7 Å². The SMILES string of the molecule is CC1CCC(C(C)C)C(OC(=O)CSc2nc3ccccc3c(=O)n2-c2ccccc2F)C1. The van der Waals surface area contributed by atoms with Gasteiger partial charge in [-0.05, 0) is 54.9 Å². The van der Waals surface area contributed by atoms with Crippen LogP contribution in [0.4, 0.5) is 4.39 Å². The van der Waals surface area contributed by atoms with Crippen LogP contribution in [-0.2, 0) is 9.53 Å². The van der Waals surface area contributed by atoms with Crippen LogP contribution in [0.15, 0.2) is 58.5 Å². The van der Waals surface area contributed by atoms with Gasteiger partial charge >= 0.3 is 5.97 Å². The Labute approximate surface area is 197 Å². The van der Waals surface area contributed by atoms with E-state index in [0.29, 0.717) is 28.7 Å². The molecule has 0 amide bonds. The summed E-state index contributed by atoms with van der Waals surface area (Å²) in [7, 11) is 0. The highest BCUT2D eigenvalue weighted by Gasteiger charge is 2.33. The summed E-state index contributed by atoms with van der Waals surface area (Å²) in [5.41, 5.74) is 0.243. The van der Waals surface area contributed by atoms with Crippen molar-refractivity contribution in [2.75, 3.05) is 5.75 Å². The molecule has 0 aliphatic heterocycles. The first-order chi connectivity index (χ1) is 15.8. The van der Waals surface area contributed by atoms with Crippen molar-refractivity contribution in [2.24, 2.45) is 17.8 Å². The average Bonchev–Trinajstić information content (AvgIpc) is 2.78. The standard InChI is InChI=1S/C26H29FN2O3S/c1-16(2)18-13-12-17(3)14-23(18)32-24(30)15-33-26-28-21-10-6-4-8-19(21)25(31)29(26)22-11-7-5-9-20(22)27/h4-11,16-18,23H,12-15H2,1-3H3. The number of rotatable bonds is 6. The van der Waals surface area contributed by atoms with Gasteiger partial charge in [-0.3, -0.25) is 14.2 Å². The summed E-state index contributed by atoms with van der Waals surface area (Å²) < 4.78 is 21.8. The van der Waals surface area contributed by atoms with E-state index in [-0.39, 0.29) is 34.2 Å². The third kappa shape index (κ3) is 5.13. The molecule has 1 saturated carbocycles. The number of hydrogen-bond acceptors (Lipinski definition) is 5. The third-order valence-electron chi connectivity index (χ3n) is 6.40. The van der Waals surface area contributed by atoms with E-state index in [0.717, 1.165) is 31.0 Å². The van der Waals surface area contributed by atoms with Gasteiger partial charge in [0.1, 0.15) is 11.9 Å². The Kier molecular flexibility index (Phi) is 7.17. The number of esters is 1. The zero-order valence-corrected chi connectivity index (χ0v) is 20.0. The summed E-state index contributed by atoms with van der Waals surface area (Å²) >= 11 is 1.10. The number of halogens is 1. The zero-order valence-electron chi connectivity index (χ0n) is 19.2. The first-order valence-corrected chi connectivity index (χ1v) is 12.4. The first kappa shape index (κ1) is 23.5. The number of nitrogens with zero attached hydrogens (tertiary/aromatic N) is 2. The molecule has 1 aliphatic rings. The van der Waals surface area contributed by atoms with Crippen molar-refractivity contribution in [1.82, 2.24) is 9.55 Å². The van der Waals surface area contributed by atoms with Gasteiger partial charge in [-0.1, -0.05) is 63.2 Å². The molecule has 0 radical (unpaired) electrons. The third-order valence-corrected chi connectivity index (χ3v) is 7.31. The van der Waals surface area contributed by atoms with Crippen LogP contribution in [-0.4, -0.2) is 27.4 Å². The molecule has 5 nitrogen and oxygen atoms in total. The highest BCUT2D eigenvalue weighted by atomic mass is 32.2. The van der Waals surface area contributed by atoms with E-state index in [1.54, 1.807) is 36.4 Å². The van der Waals surface area contributed by atoms with Crippen molar-refractivity contribution in [1.29, 1.82) is 0 Å². The molecule has 33 heavy (non-hydrogen) atoms. The summed E-state index contributed by atoms with van der Waals surface area (Å²) in [6, 6.07) is 13.0. The van der Waals surface area contributed by atoms with Gasteiger partial charge in [0, 0.05) is 0 Å². The summed E-state index contributed by atoms with van der Waals surface area (Å²) in [5, 5.41) is 0.654. The van der Waals surface area contributed by atoms with Gasteiger partial charge in [-0.25, -0.2) is 9.37 Å². The second-order valence-corrected chi connectivity index (χ2v) is 10.1. The van der Waals surface area contributed by atoms with Crippen LogP contribution in [0.3, 0.4) is 0 Å². The molecule has 174 valence electrons. The van der Waals surface area contributed by atoms with Crippen molar-refractivity contribution in [2.45, 2.75) is 51.3 Å². The van der Waals surface area contributed by atoms with E-state index < -0.39 is 5.82 Å². The molecule has 2 aromatic carbocycles. The smallest absolute Gasteiger partial charge is 0.316 e. The van der Waals surface area contributed by atoms with Crippen LogP contribution in [0, 0.1) is 23.6 Å². The molecule has 3 aromatic rings. The maximum absolute atomic E-state index is 14.6. The summed E-state index contributed by atoms with van der Waals surface area (Å²) in [6.45, 7) is 6.53. The quantitative estimate of drug-likeness (QED) is 0.267. The number of ether oxygens (including phenoxy) is 1. The maximum atomic E-state index is 14.6. The molecule has 1 fully saturated rings. The zero-order chi connectivity index (χ0) is 23.5. The van der Waals surface area contributed by atoms with Crippen LogP contribution < -0.4 is 5.56 Å². The Bertz CT molecular complexity index is 1210. The van der Waals surface area contributed by atoms with Crippen molar-refractivity contribution < 1.29 is 13.9 Å². The van der Waals surface area contributed by atoms with Crippen LogP contribution in [0.25, 0.3) is 16.6 Å². The Hall–Kier alpha value is -2.67. The Morgan fingerprint density at radius 3 is 2.67 bits per heavy atom. The molecular weight excluding hydrogens is 439 g/mol. The summed E-state index contributed by atoms with van der Waals surface area (Å²) in [6.07, 6.45) is 2.98. The first-order valence-electron chi connectivity index (χ1n) is 11.4. The molecule has 7 heteroatoms. The molecule has 0 spiro atoms. The van der Waals surface area contributed by atoms with E-state index in [4.69, 9.17) is 4.74 Å². The van der Waals surface area contributed by atoms with Gasteiger partial charge in [-0.15, -0.1) is 0 Å². The molecular formula is C26H29FN2O3S. The molecule has 1 heterocycles. The molecule has 0 saturated heterocycles. The molecule has 0 bridgehead atoms. The van der Waals surface area contributed by atoms with Crippen molar-refractivity contribution >= 4 is 28.6 Å². The average molecular weight is 469 g/mol. The number of benzene rings is 2. The number of carbonyl (C=O) groups excluding carboxylic acids is 1. The van der Waals surface area contributed by atoms with Crippen molar-refractivity contribution in [3.8, 4) is 5.69 Å². The van der Waals surface area contributed by atoms with Gasteiger partial charge < -0.3 is 4.74 Å². The molecule has 4 rings (SSSR count). The minimum Gasteiger partial charge on any atom is -0.461 e. The fraction of sp³-hybridized carbons (Fsp3) is 0.423. The van der Waals surface area contributed by atoms with Crippen LogP contribution in [0.5, 0.6) is 0 Å². The lowest BCUT2D eigenvalue weighted by atomic mass is 9.75.